The maximum Gasteiger partial charge on any atom is 0.291 e. The van der Waals surface area contributed by atoms with Crippen molar-refractivity contribution in [3.8, 4) is 5.75 Å². The Labute approximate surface area is 204 Å². The van der Waals surface area contributed by atoms with Crippen LogP contribution in [-0.4, -0.2) is 43.4 Å². The number of sulfone groups is 1. The van der Waals surface area contributed by atoms with Crippen LogP contribution in [0, 0.1) is 13.8 Å². The Morgan fingerprint density at radius 3 is 2.46 bits per heavy atom. The van der Waals surface area contributed by atoms with E-state index in [0.29, 0.717) is 29.7 Å². The van der Waals surface area contributed by atoms with Gasteiger partial charge in [0.05, 0.1) is 35.1 Å². The van der Waals surface area contributed by atoms with Crippen LogP contribution in [0.1, 0.15) is 65.0 Å². The standard InChI is InChI=1S/C27H29NO6S/c1-4-5-11-33-20-8-6-18(7-9-20)24-23-25(29)21-13-16(2)17(3)14-22(21)34-26(23)27(30)28(24)19-10-12-35(31,32)15-19/h6-9,13-14,19,24H,4-5,10-12,15H2,1-3H3. The van der Waals surface area contributed by atoms with Gasteiger partial charge in [-0.15, -0.1) is 0 Å². The maximum atomic E-state index is 13.8. The number of nitrogens with zero attached hydrogens (tertiary/aromatic N) is 1. The summed E-state index contributed by atoms with van der Waals surface area (Å²) in [4.78, 5) is 28.9. The molecule has 0 spiro atoms. The van der Waals surface area contributed by atoms with E-state index in [1.54, 1.807) is 17.0 Å². The molecule has 0 radical (unpaired) electrons. The fourth-order valence-corrected chi connectivity index (χ4v) is 6.74. The van der Waals surface area contributed by atoms with Gasteiger partial charge in [0, 0.05) is 6.04 Å². The first-order valence-corrected chi connectivity index (χ1v) is 13.9. The van der Waals surface area contributed by atoms with Gasteiger partial charge in [0.25, 0.3) is 5.91 Å². The summed E-state index contributed by atoms with van der Waals surface area (Å²) < 4.78 is 36.4. The van der Waals surface area contributed by atoms with Crippen LogP contribution in [0.5, 0.6) is 5.75 Å². The first kappa shape index (κ1) is 23.6. The zero-order chi connectivity index (χ0) is 24.9. The number of benzene rings is 2. The molecular formula is C27H29NO6S. The highest BCUT2D eigenvalue weighted by atomic mass is 32.2. The van der Waals surface area contributed by atoms with Crippen LogP contribution in [0.15, 0.2) is 45.6 Å². The van der Waals surface area contributed by atoms with Gasteiger partial charge in [0.2, 0.25) is 5.76 Å². The lowest BCUT2D eigenvalue weighted by atomic mass is 9.96. The van der Waals surface area contributed by atoms with E-state index >= 15 is 0 Å². The van der Waals surface area contributed by atoms with Crippen molar-refractivity contribution in [1.29, 1.82) is 0 Å². The van der Waals surface area contributed by atoms with Crippen LogP contribution in [-0.2, 0) is 9.84 Å². The van der Waals surface area contributed by atoms with E-state index in [2.05, 4.69) is 6.92 Å². The highest BCUT2D eigenvalue weighted by Gasteiger charge is 2.48. The predicted molar refractivity (Wildman–Crippen MR) is 134 cm³/mol. The van der Waals surface area contributed by atoms with Crippen molar-refractivity contribution in [2.75, 3.05) is 18.1 Å². The summed E-state index contributed by atoms with van der Waals surface area (Å²) in [5, 5.41) is 0.421. The number of fused-ring (bicyclic) bond motifs is 2. The molecule has 35 heavy (non-hydrogen) atoms. The average Bonchev–Trinajstić information content (AvgIpc) is 3.32. The normalized spacial score (nSPS) is 21.0. The number of unbranched alkanes of at least 4 members (excludes halogenated alkanes) is 1. The van der Waals surface area contributed by atoms with Crippen molar-refractivity contribution in [3.05, 3.63) is 74.6 Å². The molecule has 1 fully saturated rings. The Bertz CT molecular complexity index is 1470. The highest BCUT2D eigenvalue weighted by Crippen LogP contribution is 2.42. The number of hydrogen-bond acceptors (Lipinski definition) is 6. The minimum atomic E-state index is -3.25. The van der Waals surface area contributed by atoms with Crippen molar-refractivity contribution < 1.29 is 22.4 Å². The topological polar surface area (TPSA) is 93.9 Å². The van der Waals surface area contributed by atoms with E-state index in [1.165, 1.54) is 0 Å². The zero-order valence-corrected chi connectivity index (χ0v) is 21.0. The molecule has 2 atom stereocenters. The summed E-state index contributed by atoms with van der Waals surface area (Å²) >= 11 is 0. The van der Waals surface area contributed by atoms with Crippen molar-refractivity contribution in [1.82, 2.24) is 4.90 Å². The smallest absolute Gasteiger partial charge is 0.291 e. The van der Waals surface area contributed by atoms with Crippen LogP contribution >= 0.6 is 0 Å². The first-order chi connectivity index (χ1) is 16.7. The molecule has 1 amide bonds. The van der Waals surface area contributed by atoms with Gasteiger partial charge >= 0.3 is 0 Å². The second-order valence-corrected chi connectivity index (χ2v) is 11.8. The first-order valence-electron chi connectivity index (χ1n) is 12.0. The minimum absolute atomic E-state index is 0.00308. The van der Waals surface area contributed by atoms with Crippen LogP contribution in [0.4, 0.5) is 0 Å². The van der Waals surface area contributed by atoms with E-state index in [1.807, 2.05) is 38.1 Å². The molecular weight excluding hydrogens is 466 g/mol. The summed E-state index contributed by atoms with van der Waals surface area (Å²) in [7, 11) is -3.25. The molecule has 0 aliphatic carbocycles. The predicted octanol–water partition coefficient (Wildman–Crippen LogP) is 4.32. The maximum absolute atomic E-state index is 13.8. The number of aryl methyl sites for hydroxylation is 2. The van der Waals surface area contributed by atoms with Gasteiger partial charge in [0.15, 0.2) is 15.3 Å². The monoisotopic (exact) mass is 495 g/mol. The average molecular weight is 496 g/mol. The van der Waals surface area contributed by atoms with Crippen LogP contribution in [0.3, 0.4) is 0 Å². The van der Waals surface area contributed by atoms with E-state index in [0.717, 1.165) is 29.5 Å². The van der Waals surface area contributed by atoms with Gasteiger partial charge in [-0.05, 0) is 67.6 Å². The van der Waals surface area contributed by atoms with E-state index < -0.39 is 27.8 Å². The number of carbonyl (C=O) groups excluding carboxylic acids is 1. The Kier molecular flexibility index (Phi) is 5.95. The number of hydrogen-bond donors (Lipinski definition) is 0. The molecule has 1 aromatic heterocycles. The third-order valence-corrected chi connectivity index (χ3v) is 8.84. The lowest BCUT2D eigenvalue weighted by Gasteiger charge is -2.30. The van der Waals surface area contributed by atoms with Gasteiger partial charge in [0.1, 0.15) is 11.3 Å². The quantitative estimate of drug-likeness (QED) is 0.473. The molecule has 2 aliphatic heterocycles. The third-order valence-electron chi connectivity index (χ3n) is 7.09. The molecule has 2 unspecified atom stereocenters. The largest absolute Gasteiger partial charge is 0.494 e. The summed E-state index contributed by atoms with van der Waals surface area (Å²) in [6.07, 6.45) is 2.31. The second kappa shape index (κ2) is 8.82. The zero-order valence-electron chi connectivity index (χ0n) is 20.2. The number of rotatable bonds is 6. The molecule has 0 N–H and O–H groups in total. The second-order valence-electron chi connectivity index (χ2n) is 9.55. The Hall–Kier alpha value is -3.13. The third kappa shape index (κ3) is 4.14. The van der Waals surface area contributed by atoms with Crippen molar-refractivity contribution in [2.24, 2.45) is 0 Å². The number of amides is 1. The molecule has 0 saturated carbocycles. The molecule has 3 heterocycles. The minimum Gasteiger partial charge on any atom is -0.494 e. The molecule has 2 aromatic carbocycles. The molecule has 184 valence electrons. The van der Waals surface area contributed by atoms with Crippen molar-refractivity contribution in [2.45, 2.75) is 52.1 Å². The molecule has 2 aliphatic rings. The lowest BCUT2D eigenvalue weighted by molar-refractivity contribution is 0.0662. The molecule has 3 aromatic rings. The van der Waals surface area contributed by atoms with Gasteiger partial charge < -0.3 is 14.1 Å². The molecule has 8 heteroatoms. The van der Waals surface area contributed by atoms with Gasteiger partial charge in [-0.1, -0.05) is 25.5 Å². The molecule has 5 rings (SSSR count). The van der Waals surface area contributed by atoms with E-state index in [4.69, 9.17) is 9.15 Å². The molecule has 7 nitrogen and oxygen atoms in total. The summed E-state index contributed by atoms with van der Waals surface area (Å²) in [6.45, 7) is 6.56. The molecule has 0 bridgehead atoms. The summed E-state index contributed by atoms with van der Waals surface area (Å²) in [5.41, 5.74) is 3.02. The highest BCUT2D eigenvalue weighted by molar-refractivity contribution is 7.91. The Morgan fingerprint density at radius 1 is 1.09 bits per heavy atom. The Morgan fingerprint density at radius 2 is 1.80 bits per heavy atom. The Balaban J connectivity index is 1.65. The van der Waals surface area contributed by atoms with E-state index in [-0.39, 0.29) is 28.3 Å². The van der Waals surface area contributed by atoms with Crippen molar-refractivity contribution >= 4 is 26.7 Å². The summed E-state index contributed by atoms with van der Waals surface area (Å²) in [5.74, 6) is 0.179. The lowest BCUT2D eigenvalue weighted by Crippen LogP contribution is -2.40. The number of ether oxygens (including phenoxy) is 1. The SMILES string of the molecule is CCCCOc1ccc(C2c3c(oc4cc(C)c(C)cc4c3=O)C(=O)N2C2CCS(=O)(=O)C2)cc1. The fraction of sp³-hybridized carbons (Fsp3) is 0.407. The fourth-order valence-electron chi connectivity index (χ4n) is 5.02. The van der Waals surface area contributed by atoms with Crippen molar-refractivity contribution in [3.63, 3.8) is 0 Å². The van der Waals surface area contributed by atoms with Gasteiger partial charge in [-0.3, -0.25) is 9.59 Å². The van der Waals surface area contributed by atoms with Gasteiger partial charge in [-0.25, -0.2) is 8.42 Å². The van der Waals surface area contributed by atoms with E-state index in [9.17, 15) is 18.0 Å². The van der Waals surface area contributed by atoms with Crippen LogP contribution in [0.25, 0.3) is 11.0 Å². The van der Waals surface area contributed by atoms with Gasteiger partial charge in [-0.2, -0.15) is 0 Å². The van der Waals surface area contributed by atoms with Crippen LogP contribution < -0.4 is 10.2 Å². The van der Waals surface area contributed by atoms with Crippen LogP contribution in [0.2, 0.25) is 0 Å². The summed E-state index contributed by atoms with van der Waals surface area (Å²) in [6, 6.07) is 9.67. The number of carbonyl (C=O) groups is 1. The molecule has 1 saturated heterocycles.